The highest BCUT2D eigenvalue weighted by molar-refractivity contribution is 8.15. The number of methoxy groups -OCH3 is 2. The molecular formula is C29H28N4O4S. The van der Waals surface area contributed by atoms with Crippen molar-refractivity contribution in [2.75, 3.05) is 19.5 Å². The zero-order valence-electron chi connectivity index (χ0n) is 21.4. The van der Waals surface area contributed by atoms with Crippen LogP contribution in [0.25, 0.3) is 0 Å². The molecular weight excluding hydrogens is 500 g/mol. The highest BCUT2D eigenvalue weighted by Crippen LogP contribution is 2.36. The maximum atomic E-state index is 13.6. The van der Waals surface area contributed by atoms with Crippen LogP contribution in [-0.2, 0) is 16.0 Å². The molecule has 38 heavy (non-hydrogen) atoms. The van der Waals surface area contributed by atoms with E-state index in [9.17, 15) is 9.59 Å². The fourth-order valence-corrected chi connectivity index (χ4v) is 5.44. The average Bonchev–Trinajstić information content (AvgIpc) is 3.28. The number of rotatable bonds is 8. The van der Waals surface area contributed by atoms with Crippen molar-refractivity contribution in [3.8, 4) is 11.5 Å². The summed E-state index contributed by atoms with van der Waals surface area (Å²) in [6.45, 7) is 1.93. The molecule has 1 N–H and O–H groups in total. The first-order valence-electron chi connectivity index (χ1n) is 12.4. The number of aliphatic imine (C=N–C) groups is 2. The number of hydrogen-bond acceptors (Lipinski definition) is 7. The van der Waals surface area contributed by atoms with Crippen LogP contribution in [0, 0.1) is 0 Å². The van der Waals surface area contributed by atoms with Crippen molar-refractivity contribution in [3.63, 3.8) is 0 Å². The highest BCUT2D eigenvalue weighted by Gasteiger charge is 2.42. The van der Waals surface area contributed by atoms with Crippen LogP contribution in [-0.4, -0.2) is 53.2 Å². The van der Waals surface area contributed by atoms with Crippen molar-refractivity contribution in [1.82, 2.24) is 4.90 Å². The molecule has 3 aromatic carbocycles. The second-order valence-corrected chi connectivity index (χ2v) is 9.98. The Hall–Kier alpha value is -4.11. The minimum absolute atomic E-state index is 0.142. The predicted molar refractivity (Wildman–Crippen MR) is 151 cm³/mol. The van der Waals surface area contributed by atoms with Crippen molar-refractivity contribution < 1.29 is 19.1 Å². The van der Waals surface area contributed by atoms with E-state index in [1.807, 2.05) is 61.5 Å². The second kappa shape index (κ2) is 11.1. The molecule has 0 bridgehead atoms. The summed E-state index contributed by atoms with van der Waals surface area (Å²) in [5.41, 5.74) is 3.11. The van der Waals surface area contributed by atoms with Crippen LogP contribution >= 0.6 is 11.8 Å². The Morgan fingerprint density at radius 2 is 1.82 bits per heavy atom. The first-order valence-corrected chi connectivity index (χ1v) is 13.2. The number of nitrogens with one attached hydrogen (secondary N) is 1. The molecule has 0 aliphatic carbocycles. The van der Waals surface area contributed by atoms with Crippen molar-refractivity contribution >= 4 is 46.0 Å². The lowest BCUT2D eigenvalue weighted by Gasteiger charge is -2.27. The Kier molecular flexibility index (Phi) is 7.46. The zero-order valence-corrected chi connectivity index (χ0v) is 22.2. The maximum Gasteiger partial charge on any atom is 0.259 e. The van der Waals surface area contributed by atoms with Gasteiger partial charge in [0.15, 0.2) is 5.17 Å². The van der Waals surface area contributed by atoms with Gasteiger partial charge in [-0.25, -0.2) is 9.89 Å². The molecule has 2 heterocycles. The van der Waals surface area contributed by atoms with Gasteiger partial charge >= 0.3 is 0 Å². The topological polar surface area (TPSA) is 92.6 Å². The molecule has 0 aromatic heterocycles. The summed E-state index contributed by atoms with van der Waals surface area (Å²) < 4.78 is 10.7. The molecule has 2 aliphatic heterocycles. The van der Waals surface area contributed by atoms with Gasteiger partial charge in [0.1, 0.15) is 23.4 Å². The lowest BCUT2D eigenvalue weighted by Crippen LogP contribution is -2.42. The van der Waals surface area contributed by atoms with E-state index in [0.717, 1.165) is 16.8 Å². The third-order valence-corrected chi connectivity index (χ3v) is 7.71. The predicted octanol–water partition coefficient (Wildman–Crippen LogP) is 5.06. The van der Waals surface area contributed by atoms with Crippen LogP contribution in [0.2, 0.25) is 0 Å². The number of para-hydroxylation sites is 1. The van der Waals surface area contributed by atoms with E-state index in [2.05, 4.69) is 5.32 Å². The van der Waals surface area contributed by atoms with Crippen molar-refractivity contribution in [2.24, 2.45) is 9.98 Å². The van der Waals surface area contributed by atoms with Gasteiger partial charge in [-0.15, -0.1) is 0 Å². The van der Waals surface area contributed by atoms with Gasteiger partial charge in [0.25, 0.3) is 5.91 Å². The van der Waals surface area contributed by atoms with E-state index < -0.39 is 11.3 Å². The number of carbonyl (C=O) groups is 2. The van der Waals surface area contributed by atoms with Crippen molar-refractivity contribution in [3.05, 3.63) is 83.9 Å². The minimum atomic E-state index is -0.554. The molecule has 0 saturated heterocycles. The monoisotopic (exact) mass is 528 g/mol. The standard InChI is InChI=1S/C29H28N4O4S/c1-4-25(27(34)31-22-15-14-19(36-2)17-24(22)37-3)38-29-32-21-13-9-8-12-20(21)26-30-23(28(35)33(26)29)16-18-10-6-5-7-11-18/h5-15,17,23,25H,4,16H2,1-3H3,(H,31,34)/t23-,25-/m1/s1. The molecule has 9 heteroatoms. The summed E-state index contributed by atoms with van der Waals surface area (Å²) >= 11 is 1.26. The Bertz CT molecular complexity index is 1420. The van der Waals surface area contributed by atoms with Gasteiger partial charge in [0.05, 0.1) is 30.8 Å². The number of nitrogens with zero attached hydrogens (tertiary/aromatic N) is 3. The van der Waals surface area contributed by atoms with E-state index in [-0.39, 0.29) is 11.8 Å². The van der Waals surface area contributed by atoms with Crippen LogP contribution in [0.3, 0.4) is 0 Å². The number of ether oxygens (including phenoxy) is 2. The van der Waals surface area contributed by atoms with Gasteiger partial charge in [0, 0.05) is 18.1 Å². The summed E-state index contributed by atoms with van der Waals surface area (Å²) in [6, 6.07) is 22.1. The molecule has 0 saturated carbocycles. The van der Waals surface area contributed by atoms with E-state index >= 15 is 0 Å². The van der Waals surface area contributed by atoms with Gasteiger partial charge in [0.2, 0.25) is 5.91 Å². The normalized spacial score (nSPS) is 16.7. The number of carbonyl (C=O) groups excluding carboxylic acids is 2. The average molecular weight is 529 g/mol. The third-order valence-electron chi connectivity index (χ3n) is 6.40. The number of amidine groups is 2. The van der Waals surface area contributed by atoms with Crippen LogP contribution in [0.4, 0.5) is 11.4 Å². The van der Waals surface area contributed by atoms with Crippen LogP contribution < -0.4 is 14.8 Å². The summed E-state index contributed by atoms with van der Waals surface area (Å²) in [7, 11) is 3.11. The Balaban J connectivity index is 1.41. The van der Waals surface area contributed by atoms with E-state index in [0.29, 0.717) is 41.0 Å². The largest absolute Gasteiger partial charge is 0.497 e. The molecule has 194 valence electrons. The first kappa shape index (κ1) is 25.5. The Morgan fingerprint density at radius 3 is 2.55 bits per heavy atom. The molecule has 2 amide bonds. The Labute approximate surface area is 225 Å². The quantitative estimate of drug-likeness (QED) is 0.442. The molecule has 3 aromatic rings. The van der Waals surface area contributed by atoms with Crippen LogP contribution in [0.5, 0.6) is 11.5 Å². The van der Waals surface area contributed by atoms with Crippen LogP contribution in [0.1, 0.15) is 24.5 Å². The molecule has 8 nitrogen and oxygen atoms in total. The molecule has 2 atom stereocenters. The number of hydrogen-bond donors (Lipinski definition) is 1. The fourth-order valence-electron chi connectivity index (χ4n) is 4.42. The van der Waals surface area contributed by atoms with E-state index in [4.69, 9.17) is 19.5 Å². The van der Waals surface area contributed by atoms with Gasteiger partial charge < -0.3 is 14.8 Å². The van der Waals surface area contributed by atoms with Crippen molar-refractivity contribution in [2.45, 2.75) is 31.1 Å². The van der Waals surface area contributed by atoms with Gasteiger partial charge in [-0.2, -0.15) is 0 Å². The van der Waals surface area contributed by atoms with Crippen LogP contribution in [0.15, 0.2) is 82.8 Å². The molecule has 0 radical (unpaired) electrons. The Morgan fingerprint density at radius 1 is 1.05 bits per heavy atom. The van der Waals surface area contributed by atoms with Gasteiger partial charge in [-0.3, -0.25) is 14.6 Å². The lowest BCUT2D eigenvalue weighted by atomic mass is 10.1. The molecule has 0 unspecified atom stereocenters. The number of thioether (sulfide) groups is 1. The SMILES string of the molecule is CC[C@@H](SC1=Nc2ccccc2C2=N[C@H](Cc3ccccc3)C(=O)N12)C(=O)Nc1ccc(OC)cc1OC. The van der Waals surface area contributed by atoms with Gasteiger partial charge in [-0.05, 0) is 36.2 Å². The number of amides is 2. The summed E-state index contributed by atoms with van der Waals surface area (Å²) in [4.78, 5) is 38.2. The van der Waals surface area contributed by atoms with E-state index in [1.54, 1.807) is 30.2 Å². The number of anilines is 1. The lowest BCUT2D eigenvalue weighted by molar-refractivity contribution is -0.124. The fraction of sp³-hybridized carbons (Fsp3) is 0.241. The summed E-state index contributed by atoms with van der Waals surface area (Å²) in [5, 5.41) is 2.90. The number of benzene rings is 3. The maximum absolute atomic E-state index is 13.6. The summed E-state index contributed by atoms with van der Waals surface area (Å²) in [5.74, 6) is 1.34. The molecule has 2 aliphatic rings. The van der Waals surface area contributed by atoms with Crippen molar-refractivity contribution in [1.29, 1.82) is 0 Å². The smallest absolute Gasteiger partial charge is 0.259 e. The highest BCUT2D eigenvalue weighted by atomic mass is 32.2. The van der Waals surface area contributed by atoms with E-state index in [1.165, 1.54) is 18.9 Å². The third kappa shape index (κ3) is 5.02. The number of fused-ring (bicyclic) bond motifs is 3. The first-order chi connectivity index (χ1) is 18.5. The molecule has 5 rings (SSSR count). The minimum Gasteiger partial charge on any atom is -0.497 e. The molecule has 0 spiro atoms. The second-order valence-electron chi connectivity index (χ2n) is 8.81. The van der Waals surface area contributed by atoms with Gasteiger partial charge in [-0.1, -0.05) is 61.2 Å². The zero-order chi connectivity index (χ0) is 26.6. The summed E-state index contributed by atoms with van der Waals surface area (Å²) in [6.07, 6.45) is 1.02. The molecule has 0 fully saturated rings.